The molecule has 7 heteroatoms. The Labute approximate surface area is 119 Å². The van der Waals surface area contributed by atoms with E-state index < -0.39 is 0 Å². The van der Waals surface area contributed by atoms with Gasteiger partial charge in [-0.15, -0.1) is 0 Å². The van der Waals surface area contributed by atoms with Crippen molar-refractivity contribution in [3.05, 3.63) is 35.2 Å². The Morgan fingerprint density at radius 1 is 1.48 bits per heavy atom. The van der Waals surface area contributed by atoms with Crippen molar-refractivity contribution in [3.8, 4) is 11.8 Å². The lowest BCUT2D eigenvalue weighted by Gasteiger charge is -2.08. The number of hydrogen-bond donors (Lipinski definition) is 1. The van der Waals surface area contributed by atoms with Crippen LogP contribution in [0.3, 0.4) is 0 Å². The molecule has 21 heavy (non-hydrogen) atoms. The number of nitrogen functional groups attached to an aromatic ring is 1. The number of nitrogens with two attached hydrogens (primary N) is 1. The number of ether oxygens (including phenoxy) is 1. The summed E-state index contributed by atoms with van der Waals surface area (Å²) in [4.78, 5) is 0. The standard InChI is InChI=1S/C14H11N5O2/c15-4-8-5-17-19(6-8)7-9-3-11-12(14(16)18-21-11)13-10(9)1-2-20-13/h3,5-6H,1-2,7H2,(H2,16,18). The number of aromatic nitrogens is 3. The van der Waals surface area contributed by atoms with Crippen molar-refractivity contribution in [3.63, 3.8) is 0 Å². The second-order valence-corrected chi connectivity index (χ2v) is 4.92. The van der Waals surface area contributed by atoms with Crippen LogP contribution in [0, 0.1) is 11.3 Å². The molecule has 1 aromatic carbocycles. The molecule has 7 nitrogen and oxygen atoms in total. The Balaban J connectivity index is 1.84. The Bertz CT molecular complexity index is 887. The summed E-state index contributed by atoms with van der Waals surface area (Å²) in [6.45, 7) is 1.17. The van der Waals surface area contributed by atoms with Crippen LogP contribution in [0.5, 0.6) is 5.75 Å². The lowest BCUT2D eigenvalue weighted by molar-refractivity contribution is 0.360. The zero-order chi connectivity index (χ0) is 14.4. The predicted molar refractivity (Wildman–Crippen MR) is 73.7 cm³/mol. The predicted octanol–water partition coefficient (Wildman–Crippen LogP) is 1.46. The molecule has 104 valence electrons. The van der Waals surface area contributed by atoms with Crippen LogP contribution >= 0.6 is 0 Å². The van der Waals surface area contributed by atoms with Crippen LogP contribution < -0.4 is 10.5 Å². The first-order valence-electron chi connectivity index (χ1n) is 6.51. The van der Waals surface area contributed by atoms with Crippen molar-refractivity contribution < 1.29 is 9.26 Å². The van der Waals surface area contributed by atoms with Crippen LogP contribution in [-0.2, 0) is 13.0 Å². The summed E-state index contributed by atoms with van der Waals surface area (Å²) in [5, 5.41) is 17.6. The lowest BCUT2D eigenvalue weighted by atomic mass is 10.0. The molecular formula is C14H11N5O2. The lowest BCUT2D eigenvalue weighted by Crippen LogP contribution is -2.02. The Morgan fingerprint density at radius 3 is 3.19 bits per heavy atom. The van der Waals surface area contributed by atoms with Gasteiger partial charge in [-0.3, -0.25) is 4.68 Å². The number of nitrogens with zero attached hydrogens (tertiary/aromatic N) is 4. The van der Waals surface area contributed by atoms with E-state index in [1.165, 1.54) is 0 Å². The minimum absolute atomic E-state index is 0.348. The number of benzene rings is 1. The second kappa shape index (κ2) is 4.24. The average Bonchev–Trinajstić information content (AvgIpc) is 3.18. The van der Waals surface area contributed by atoms with E-state index in [1.54, 1.807) is 17.1 Å². The molecule has 1 aliphatic rings. The highest BCUT2D eigenvalue weighted by molar-refractivity contribution is 5.95. The number of fused-ring (bicyclic) bond motifs is 3. The van der Waals surface area contributed by atoms with Crippen LogP contribution in [0.25, 0.3) is 11.0 Å². The number of hydrogen-bond acceptors (Lipinski definition) is 6. The molecule has 0 saturated carbocycles. The van der Waals surface area contributed by atoms with Gasteiger partial charge in [0.1, 0.15) is 17.2 Å². The maximum Gasteiger partial charge on any atom is 0.178 e. The minimum atomic E-state index is 0.348. The van der Waals surface area contributed by atoms with Gasteiger partial charge in [-0.2, -0.15) is 10.4 Å². The van der Waals surface area contributed by atoms with Gasteiger partial charge in [-0.1, -0.05) is 5.16 Å². The van der Waals surface area contributed by atoms with E-state index in [0.29, 0.717) is 30.1 Å². The maximum absolute atomic E-state index is 8.86. The highest BCUT2D eigenvalue weighted by Gasteiger charge is 2.24. The third-order valence-electron chi connectivity index (χ3n) is 3.63. The van der Waals surface area contributed by atoms with Crippen LogP contribution in [-0.4, -0.2) is 21.5 Å². The SMILES string of the molecule is N#Cc1cnn(Cc2cc3onc(N)c3c3c2CCO3)c1. The van der Waals surface area contributed by atoms with Crippen molar-refractivity contribution in [2.24, 2.45) is 0 Å². The van der Waals surface area contributed by atoms with E-state index >= 15 is 0 Å². The molecule has 0 spiro atoms. The molecule has 0 amide bonds. The first-order valence-corrected chi connectivity index (χ1v) is 6.51. The summed E-state index contributed by atoms with van der Waals surface area (Å²) in [5.41, 5.74) is 9.12. The zero-order valence-corrected chi connectivity index (χ0v) is 11.0. The molecule has 4 rings (SSSR count). The maximum atomic E-state index is 8.86. The van der Waals surface area contributed by atoms with Crippen molar-refractivity contribution in [2.45, 2.75) is 13.0 Å². The fourth-order valence-corrected chi connectivity index (χ4v) is 2.70. The van der Waals surface area contributed by atoms with Gasteiger partial charge < -0.3 is 15.0 Å². The van der Waals surface area contributed by atoms with Crippen LogP contribution in [0.15, 0.2) is 23.0 Å². The molecule has 0 saturated heterocycles. The van der Waals surface area contributed by atoms with Crippen molar-refractivity contribution >= 4 is 16.8 Å². The molecule has 0 radical (unpaired) electrons. The molecule has 0 atom stereocenters. The highest BCUT2D eigenvalue weighted by Crippen LogP contribution is 2.39. The third kappa shape index (κ3) is 1.73. The Kier molecular flexibility index (Phi) is 2.38. The first-order chi connectivity index (χ1) is 10.3. The van der Waals surface area contributed by atoms with E-state index in [0.717, 1.165) is 28.7 Å². The van der Waals surface area contributed by atoms with Crippen molar-refractivity contribution in [1.29, 1.82) is 5.26 Å². The fraction of sp³-hybridized carbons (Fsp3) is 0.214. The van der Waals surface area contributed by atoms with E-state index in [-0.39, 0.29) is 0 Å². The molecular weight excluding hydrogens is 270 g/mol. The largest absolute Gasteiger partial charge is 0.492 e. The Morgan fingerprint density at radius 2 is 2.38 bits per heavy atom. The molecule has 0 fully saturated rings. The quantitative estimate of drug-likeness (QED) is 0.762. The van der Waals surface area contributed by atoms with Crippen LogP contribution in [0.4, 0.5) is 5.82 Å². The van der Waals surface area contributed by atoms with Gasteiger partial charge >= 0.3 is 0 Å². The van der Waals surface area contributed by atoms with Gasteiger partial charge in [-0.25, -0.2) is 0 Å². The van der Waals surface area contributed by atoms with Gasteiger partial charge in [0.25, 0.3) is 0 Å². The molecule has 2 N–H and O–H groups in total. The van der Waals surface area contributed by atoms with Crippen molar-refractivity contribution in [2.75, 3.05) is 12.3 Å². The van der Waals surface area contributed by atoms with Crippen molar-refractivity contribution in [1.82, 2.24) is 14.9 Å². The summed E-state index contributed by atoms with van der Waals surface area (Å²) in [6, 6.07) is 3.98. The molecule has 0 bridgehead atoms. The summed E-state index contributed by atoms with van der Waals surface area (Å²) < 4.78 is 12.7. The summed E-state index contributed by atoms with van der Waals surface area (Å²) >= 11 is 0. The monoisotopic (exact) mass is 281 g/mol. The van der Waals surface area contributed by atoms with Crippen LogP contribution in [0.1, 0.15) is 16.7 Å². The fourth-order valence-electron chi connectivity index (χ4n) is 2.70. The van der Waals surface area contributed by atoms with Gasteiger partial charge in [0.2, 0.25) is 0 Å². The molecule has 3 aromatic rings. The molecule has 0 aliphatic carbocycles. The van der Waals surface area contributed by atoms with E-state index in [2.05, 4.69) is 16.3 Å². The smallest absolute Gasteiger partial charge is 0.178 e. The second-order valence-electron chi connectivity index (χ2n) is 4.92. The normalized spacial score (nSPS) is 13.1. The van der Waals surface area contributed by atoms with Gasteiger partial charge in [0, 0.05) is 18.2 Å². The van der Waals surface area contributed by atoms with Gasteiger partial charge in [-0.05, 0) is 11.6 Å². The van der Waals surface area contributed by atoms with E-state index in [4.69, 9.17) is 20.3 Å². The minimum Gasteiger partial charge on any atom is -0.492 e. The zero-order valence-electron chi connectivity index (χ0n) is 11.0. The topological polar surface area (TPSA) is 103 Å². The van der Waals surface area contributed by atoms with E-state index in [1.807, 2.05) is 6.07 Å². The van der Waals surface area contributed by atoms with Crippen LogP contribution in [0.2, 0.25) is 0 Å². The molecule has 3 heterocycles. The highest BCUT2D eigenvalue weighted by atomic mass is 16.5. The molecule has 0 unspecified atom stereocenters. The number of rotatable bonds is 2. The summed E-state index contributed by atoms with van der Waals surface area (Å²) in [6.07, 6.45) is 4.07. The number of anilines is 1. The Hall–Kier alpha value is -3.01. The summed E-state index contributed by atoms with van der Waals surface area (Å²) in [5.74, 6) is 1.11. The molecule has 2 aromatic heterocycles. The number of nitriles is 1. The summed E-state index contributed by atoms with van der Waals surface area (Å²) in [7, 11) is 0. The molecule has 1 aliphatic heterocycles. The van der Waals surface area contributed by atoms with Gasteiger partial charge in [0.05, 0.1) is 24.9 Å². The third-order valence-corrected chi connectivity index (χ3v) is 3.63. The van der Waals surface area contributed by atoms with E-state index in [9.17, 15) is 0 Å². The average molecular weight is 281 g/mol. The van der Waals surface area contributed by atoms with Gasteiger partial charge in [0.15, 0.2) is 11.4 Å². The first kappa shape index (κ1) is 11.8.